The first-order valence-electron chi connectivity index (χ1n) is 5.59. The molecular weight excluding hydrogens is 273 g/mol. The number of hydrogen-bond donors (Lipinski definition) is 1. The summed E-state index contributed by atoms with van der Waals surface area (Å²) in [6.45, 7) is 6.66. The van der Waals surface area contributed by atoms with Gasteiger partial charge in [0.25, 0.3) is 0 Å². The van der Waals surface area contributed by atoms with Crippen LogP contribution in [0.1, 0.15) is 32.4 Å². The number of halogens is 2. The molecule has 0 aromatic heterocycles. The van der Waals surface area contributed by atoms with Crippen LogP contribution in [0, 0.1) is 0 Å². The molecule has 96 valence electrons. The molecule has 1 aromatic rings. The van der Waals surface area contributed by atoms with Gasteiger partial charge in [-0.25, -0.2) is 0 Å². The molecule has 0 heterocycles. The molecule has 0 aliphatic rings. The second kappa shape index (κ2) is 6.33. The molecule has 0 bridgehead atoms. The van der Waals surface area contributed by atoms with E-state index in [4.69, 9.17) is 23.2 Å². The van der Waals surface area contributed by atoms with E-state index in [0.717, 1.165) is 5.75 Å². The molecule has 1 atom stereocenters. The lowest BCUT2D eigenvalue weighted by Crippen LogP contribution is -2.21. The van der Waals surface area contributed by atoms with E-state index in [0.29, 0.717) is 16.1 Å². The highest BCUT2D eigenvalue weighted by atomic mass is 35.5. The largest absolute Gasteiger partial charge is 0.312 e. The Balaban J connectivity index is 2.76. The van der Waals surface area contributed by atoms with Crippen molar-refractivity contribution < 1.29 is 0 Å². The Labute approximate surface area is 118 Å². The van der Waals surface area contributed by atoms with Gasteiger partial charge in [0.2, 0.25) is 0 Å². The molecule has 0 fully saturated rings. The van der Waals surface area contributed by atoms with Crippen LogP contribution >= 0.6 is 35.0 Å². The van der Waals surface area contributed by atoms with Crippen molar-refractivity contribution in [3.8, 4) is 0 Å². The van der Waals surface area contributed by atoms with E-state index in [1.807, 2.05) is 37.0 Å². The smallest absolute Gasteiger partial charge is 0.0595 e. The maximum atomic E-state index is 6.04. The Morgan fingerprint density at radius 1 is 1.24 bits per heavy atom. The molecule has 0 amide bonds. The Morgan fingerprint density at radius 2 is 1.88 bits per heavy atom. The first-order valence-corrected chi connectivity index (χ1v) is 7.34. The van der Waals surface area contributed by atoms with Crippen molar-refractivity contribution in [2.24, 2.45) is 0 Å². The number of nitrogens with one attached hydrogen (secondary N) is 1. The van der Waals surface area contributed by atoms with Gasteiger partial charge in [-0.05, 0) is 24.7 Å². The van der Waals surface area contributed by atoms with Crippen LogP contribution in [-0.4, -0.2) is 17.5 Å². The molecule has 0 saturated carbocycles. The first kappa shape index (κ1) is 15.2. The summed E-state index contributed by atoms with van der Waals surface area (Å²) < 4.78 is 0.269. The quantitative estimate of drug-likeness (QED) is 0.856. The second-order valence-electron chi connectivity index (χ2n) is 4.94. The van der Waals surface area contributed by atoms with Crippen LogP contribution < -0.4 is 5.32 Å². The average molecular weight is 292 g/mol. The van der Waals surface area contributed by atoms with E-state index in [1.165, 1.54) is 5.56 Å². The molecule has 1 nitrogen and oxygen atoms in total. The third-order valence-electron chi connectivity index (χ3n) is 2.38. The van der Waals surface area contributed by atoms with Gasteiger partial charge in [-0.1, -0.05) is 50.0 Å². The van der Waals surface area contributed by atoms with Crippen molar-refractivity contribution in [2.75, 3.05) is 12.8 Å². The molecule has 0 aliphatic carbocycles. The first-order chi connectivity index (χ1) is 7.83. The molecule has 1 rings (SSSR count). The van der Waals surface area contributed by atoms with Gasteiger partial charge in [0.05, 0.1) is 10.0 Å². The number of rotatable bonds is 4. The van der Waals surface area contributed by atoms with Crippen LogP contribution in [-0.2, 0) is 0 Å². The van der Waals surface area contributed by atoms with E-state index in [-0.39, 0.29) is 4.75 Å². The van der Waals surface area contributed by atoms with Gasteiger partial charge >= 0.3 is 0 Å². The molecule has 1 aromatic carbocycles. The van der Waals surface area contributed by atoms with Crippen molar-refractivity contribution >= 4 is 35.0 Å². The van der Waals surface area contributed by atoms with E-state index in [9.17, 15) is 0 Å². The van der Waals surface area contributed by atoms with Crippen molar-refractivity contribution in [3.63, 3.8) is 0 Å². The van der Waals surface area contributed by atoms with Crippen LogP contribution in [0.3, 0.4) is 0 Å². The molecule has 0 saturated heterocycles. The summed E-state index contributed by atoms with van der Waals surface area (Å²) in [6, 6.07) is 6.12. The van der Waals surface area contributed by atoms with E-state index in [1.54, 1.807) is 0 Å². The Morgan fingerprint density at radius 3 is 2.35 bits per heavy atom. The molecule has 0 spiro atoms. The molecule has 4 heteroatoms. The maximum Gasteiger partial charge on any atom is 0.0595 e. The van der Waals surface area contributed by atoms with Gasteiger partial charge in [0.1, 0.15) is 0 Å². The predicted octanol–water partition coefficient (Wildman–Crippen LogP) is 4.79. The van der Waals surface area contributed by atoms with Crippen molar-refractivity contribution in [3.05, 3.63) is 33.8 Å². The van der Waals surface area contributed by atoms with Crippen LogP contribution in [0.15, 0.2) is 18.2 Å². The zero-order valence-electron chi connectivity index (χ0n) is 10.7. The normalized spacial score (nSPS) is 13.8. The number of hydrogen-bond acceptors (Lipinski definition) is 2. The number of thioether (sulfide) groups is 1. The fourth-order valence-corrected chi connectivity index (χ4v) is 2.74. The topological polar surface area (TPSA) is 12.0 Å². The third kappa shape index (κ3) is 5.09. The molecular formula is C13H19Cl2NS. The molecule has 0 radical (unpaired) electrons. The lowest BCUT2D eigenvalue weighted by Gasteiger charge is -2.23. The minimum absolute atomic E-state index is 0.269. The zero-order chi connectivity index (χ0) is 13.1. The van der Waals surface area contributed by atoms with Crippen molar-refractivity contribution in [2.45, 2.75) is 31.6 Å². The van der Waals surface area contributed by atoms with Gasteiger partial charge in [-0.15, -0.1) is 0 Å². The number of benzene rings is 1. The standard InChI is InChI=1S/C13H19Cl2NS/c1-13(2,3)17-8-12(16-4)9-5-6-10(14)11(15)7-9/h5-7,12,16H,8H2,1-4H3. The Hall–Kier alpha value is 0.110. The van der Waals surface area contributed by atoms with Gasteiger partial charge in [0, 0.05) is 16.5 Å². The Bertz CT molecular complexity index is 374. The monoisotopic (exact) mass is 291 g/mol. The summed E-state index contributed by atoms with van der Waals surface area (Å²) in [5, 5.41) is 4.54. The second-order valence-corrected chi connectivity index (χ2v) is 7.60. The zero-order valence-corrected chi connectivity index (χ0v) is 13.0. The molecule has 1 N–H and O–H groups in total. The summed E-state index contributed by atoms with van der Waals surface area (Å²) in [4.78, 5) is 0. The van der Waals surface area contributed by atoms with E-state index >= 15 is 0 Å². The predicted molar refractivity (Wildman–Crippen MR) is 80.5 cm³/mol. The van der Waals surface area contributed by atoms with Crippen LogP contribution in [0.5, 0.6) is 0 Å². The lowest BCUT2D eigenvalue weighted by molar-refractivity contribution is 0.656. The lowest BCUT2D eigenvalue weighted by atomic mass is 10.1. The van der Waals surface area contributed by atoms with Gasteiger partial charge in [-0.3, -0.25) is 0 Å². The fourth-order valence-electron chi connectivity index (χ4n) is 1.41. The fraction of sp³-hybridized carbons (Fsp3) is 0.538. The van der Waals surface area contributed by atoms with Crippen LogP contribution in [0.25, 0.3) is 0 Å². The summed E-state index contributed by atoms with van der Waals surface area (Å²) in [6.07, 6.45) is 0. The van der Waals surface area contributed by atoms with Crippen LogP contribution in [0.4, 0.5) is 0 Å². The average Bonchev–Trinajstić information content (AvgIpc) is 2.22. The van der Waals surface area contributed by atoms with Crippen molar-refractivity contribution in [1.29, 1.82) is 0 Å². The van der Waals surface area contributed by atoms with E-state index < -0.39 is 0 Å². The summed E-state index contributed by atoms with van der Waals surface area (Å²) >= 11 is 13.9. The SMILES string of the molecule is CNC(CSC(C)(C)C)c1ccc(Cl)c(Cl)c1. The van der Waals surface area contributed by atoms with Gasteiger partial charge in [-0.2, -0.15) is 11.8 Å². The molecule has 17 heavy (non-hydrogen) atoms. The van der Waals surface area contributed by atoms with Crippen LogP contribution in [0.2, 0.25) is 10.0 Å². The summed E-state index contributed by atoms with van der Waals surface area (Å²) in [7, 11) is 1.97. The minimum atomic E-state index is 0.269. The summed E-state index contributed by atoms with van der Waals surface area (Å²) in [5.41, 5.74) is 1.18. The Kier molecular flexibility index (Phi) is 5.65. The minimum Gasteiger partial charge on any atom is -0.312 e. The van der Waals surface area contributed by atoms with Crippen molar-refractivity contribution in [1.82, 2.24) is 5.32 Å². The molecule has 1 unspecified atom stereocenters. The highest BCUT2D eigenvalue weighted by molar-refractivity contribution is 8.00. The van der Waals surface area contributed by atoms with E-state index in [2.05, 4.69) is 26.1 Å². The third-order valence-corrected chi connectivity index (χ3v) is 4.48. The highest BCUT2D eigenvalue weighted by Gasteiger charge is 2.16. The maximum absolute atomic E-state index is 6.04. The summed E-state index contributed by atoms with van der Waals surface area (Å²) in [5.74, 6) is 1.01. The molecule has 0 aliphatic heterocycles. The van der Waals surface area contributed by atoms with Gasteiger partial charge < -0.3 is 5.32 Å². The highest BCUT2D eigenvalue weighted by Crippen LogP contribution is 2.30. The van der Waals surface area contributed by atoms with Gasteiger partial charge in [0.15, 0.2) is 0 Å².